The van der Waals surface area contributed by atoms with Crippen LogP contribution in [0.3, 0.4) is 0 Å². The summed E-state index contributed by atoms with van der Waals surface area (Å²) in [4.78, 5) is 0. The molecular formula is C8H18OS2. The normalized spacial score (nSPS) is 14.9. The highest BCUT2D eigenvalue weighted by Gasteiger charge is 2.19. The summed E-state index contributed by atoms with van der Waals surface area (Å²) in [5.41, 5.74) is 0. The Hall–Kier alpha value is 0.500. The highest BCUT2D eigenvalue weighted by molar-refractivity contribution is 8.69. The maximum Gasteiger partial charge on any atom is 0.0858 e. The van der Waals surface area contributed by atoms with Gasteiger partial charge in [0.05, 0.1) is 9.83 Å². The molecule has 1 unspecified atom stereocenters. The van der Waals surface area contributed by atoms with E-state index in [0.29, 0.717) is 0 Å². The lowest BCUT2D eigenvalue weighted by Gasteiger charge is -2.16. The predicted octanol–water partition coefficient (Wildman–Crippen LogP) is 2.98. The average Bonchev–Trinajstić information content (AvgIpc) is 1.86. The SMILES string of the molecule is CCCCSS(=O)C(C)(C)C. The lowest BCUT2D eigenvalue weighted by molar-refractivity contribution is 0.661. The third-order valence-corrected chi connectivity index (χ3v) is 5.50. The van der Waals surface area contributed by atoms with Crippen LogP contribution >= 0.6 is 10.8 Å². The second-order valence-corrected chi connectivity index (χ2v) is 7.48. The van der Waals surface area contributed by atoms with E-state index in [1.807, 2.05) is 20.8 Å². The fourth-order valence-electron chi connectivity index (χ4n) is 0.456. The molecule has 0 heterocycles. The Balaban J connectivity index is 3.54. The van der Waals surface area contributed by atoms with Gasteiger partial charge >= 0.3 is 0 Å². The van der Waals surface area contributed by atoms with Crippen LogP contribution < -0.4 is 0 Å². The molecule has 0 aliphatic rings. The third-order valence-electron chi connectivity index (χ3n) is 1.19. The Morgan fingerprint density at radius 1 is 1.36 bits per heavy atom. The van der Waals surface area contributed by atoms with Crippen LogP contribution in [-0.2, 0) is 9.83 Å². The molecule has 0 spiro atoms. The first-order chi connectivity index (χ1) is 4.98. The van der Waals surface area contributed by atoms with Crippen molar-refractivity contribution in [3.63, 3.8) is 0 Å². The molecule has 0 aromatic heterocycles. The van der Waals surface area contributed by atoms with Gasteiger partial charge in [0.15, 0.2) is 0 Å². The summed E-state index contributed by atoms with van der Waals surface area (Å²) in [6, 6.07) is 0. The topological polar surface area (TPSA) is 17.1 Å². The Morgan fingerprint density at radius 2 is 1.91 bits per heavy atom. The minimum Gasteiger partial charge on any atom is -0.247 e. The van der Waals surface area contributed by atoms with Crippen molar-refractivity contribution < 1.29 is 4.21 Å². The standard InChI is InChI=1S/C8H18OS2/c1-5-6-7-10-11(9)8(2,3)4/h5-7H2,1-4H3. The zero-order valence-corrected chi connectivity index (χ0v) is 9.48. The largest absolute Gasteiger partial charge is 0.247 e. The maximum absolute atomic E-state index is 11.4. The molecule has 0 radical (unpaired) electrons. The van der Waals surface area contributed by atoms with Crippen molar-refractivity contribution >= 4 is 20.6 Å². The van der Waals surface area contributed by atoms with Crippen molar-refractivity contribution in [1.82, 2.24) is 0 Å². The third kappa shape index (κ3) is 5.74. The highest BCUT2D eigenvalue weighted by atomic mass is 33.1. The molecule has 0 fully saturated rings. The van der Waals surface area contributed by atoms with Gasteiger partial charge in [-0.15, -0.1) is 0 Å². The summed E-state index contributed by atoms with van der Waals surface area (Å²) < 4.78 is 11.4. The van der Waals surface area contributed by atoms with Crippen molar-refractivity contribution in [2.24, 2.45) is 0 Å². The van der Waals surface area contributed by atoms with Crippen molar-refractivity contribution in [3.05, 3.63) is 0 Å². The zero-order chi connectivity index (χ0) is 8.91. The van der Waals surface area contributed by atoms with Crippen LogP contribution in [0, 0.1) is 0 Å². The zero-order valence-electron chi connectivity index (χ0n) is 7.85. The fraction of sp³-hybridized carbons (Fsp3) is 1.00. The molecule has 68 valence electrons. The molecule has 0 aromatic rings. The van der Waals surface area contributed by atoms with Gasteiger partial charge in [0.1, 0.15) is 0 Å². The number of unbranched alkanes of at least 4 members (excludes halogenated alkanes) is 1. The van der Waals surface area contributed by atoms with E-state index >= 15 is 0 Å². The van der Waals surface area contributed by atoms with Crippen molar-refractivity contribution in [2.45, 2.75) is 45.3 Å². The minimum absolute atomic E-state index is 0.0571. The Morgan fingerprint density at radius 3 is 2.27 bits per heavy atom. The molecule has 0 amide bonds. The molecule has 0 saturated heterocycles. The maximum atomic E-state index is 11.4. The Bertz CT molecular complexity index is 127. The molecule has 1 atom stereocenters. The van der Waals surface area contributed by atoms with Crippen molar-refractivity contribution in [2.75, 3.05) is 5.75 Å². The van der Waals surface area contributed by atoms with Gasteiger partial charge < -0.3 is 0 Å². The monoisotopic (exact) mass is 194 g/mol. The first-order valence-corrected chi connectivity index (χ1v) is 6.69. The molecule has 3 heteroatoms. The van der Waals surface area contributed by atoms with Gasteiger partial charge in [0, 0.05) is 10.5 Å². The molecule has 1 nitrogen and oxygen atoms in total. The van der Waals surface area contributed by atoms with Gasteiger partial charge in [-0.05, 0) is 27.2 Å². The summed E-state index contributed by atoms with van der Waals surface area (Å²) in [5.74, 6) is 1.03. The van der Waals surface area contributed by atoms with E-state index in [-0.39, 0.29) is 4.75 Å². The van der Waals surface area contributed by atoms with Crippen LogP contribution in [0.5, 0.6) is 0 Å². The molecule has 0 aromatic carbocycles. The fourth-order valence-corrected chi connectivity index (χ4v) is 3.24. The van der Waals surface area contributed by atoms with Crippen LogP contribution in [0.15, 0.2) is 0 Å². The molecule has 0 bridgehead atoms. The lowest BCUT2D eigenvalue weighted by Crippen LogP contribution is -2.18. The van der Waals surface area contributed by atoms with E-state index in [0.717, 1.165) is 5.75 Å². The summed E-state index contributed by atoms with van der Waals surface area (Å²) in [6.45, 7) is 8.20. The van der Waals surface area contributed by atoms with E-state index in [1.165, 1.54) is 12.8 Å². The molecule has 0 aliphatic carbocycles. The second kappa shape index (κ2) is 5.20. The van der Waals surface area contributed by atoms with Crippen LogP contribution in [0.2, 0.25) is 0 Å². The van der Waals surface area contributed by atoms with Crippen LogP contribution in [0.4, 0.5) is 0 Å². The summed E-state index contributed by atoms with van der Waals surface area (Å²) in [6.07, 6.45) is 2.36. The number of hydrogen-bond acceptors (Lipinski definition) is 2. The quantitative estimate of drug-likeness (QED) is 0.505. The highest BCUT2D eigenvalue weighted by Crippen LogP contribution is 2.23. The molecule has 11 heavy (non-hydrogen) atoms. The number of hydrogen-bond donors (Lipinski definition) is 0. The minimum atomic E-state index is -0.722. The first kappa shape index (κ1) is 11.5. The lowest BCUT2D eigenvalue weighted by atomic mass is 10.3. The summed E-state index contributed by atoms with van der Waals surface area (Å²) in [7, 11) is 0.858. The van der Waals surface area contributed by atoms with E-state index in [1.54, 1.807) is 10.8 Å². The van der Waals surface area contributed by atoms with Crippen LogP contribution in [0.1, 0.15) is 40.5 Å². The Labute approximate surface area is 76.2 Å². The van der Waals surface area contributed by atoms with E-state index in [4.69, 9.17) is 0 Å². The van der Waals surface area contributed by atoms with Gasteiger partial charge in [-0.25, -0.2) is 4.21 Å². The van der Waals surface area contributed by atoms with Crippen LogP contribution in [-0.4, -0.2) is 14.7 Å². The van der Waals surface area contributed by atoms with E-state index in [9.17, 15) is 4.21 Å². The smallest absolute Gasteiger partial charge is 0.0858 e. The van der Waals surface area contributed by atoms with Gasteiger partial charge in [-0.1, -0.05) is 24.1 Å². The molecule has 0 rings (SSSR count). The van der Waals surface area contributed by atoms with E-state index < -0.39 is 9.83 Å². The molecule has 0 aliphatic heterocycles. The van der Waals surface area contributed by atoms with Crippen molar-refractivity contribution in [1.29, 1.82) is 0 Å². The number of rotatable bonds is 4. The average molecular weight is 194 g/mol. The van der Waals surface area contributed by atoms with Crippen LogP contribution in [0.25, 0.3) is 0 Å². The predicted molar refractivity (Wildman–Crippen MR) is 55.3 cm³/mol. The van der Waals surface area contributed by atoms with Gasteiger partial charge in [0.2, 0.25) is 0 Å². The second-order valence-electron chi connectivity index (χ2n) is 3.52. The van der Waals surface area contributed by atoms with Gasteiger partial charge in [-0.2, -0.15) is 0 Å². The summed E-state index contributed by atoms with van der Waals surface area (Å²) in [5, 5.41) is 0. The van der Waals surface area contributed by atoms with Gasteiger partial charge in [-0.3, -0.25) is 0 Å². The summed E-state index contributed by atoms with van der Waals surface area (Å²) >= 11 is 0. The molecule has 0 N–H and O–H groups in total. The Kier molecular flexibility index (Phi) is 5.44. The molecule has 0 saturated carbocycles. The van der Waals surface area contributed by atoms with Gasteiger partial charge in [0.25, 0.3) is 0 Å². The van der Waals surface area contributed by atoms with E-state index in [2.05, 4.69) is 6.92 Å². The molecular weight excluding hydrogens is 176 g/mol. The van der Waals surface area contributed by atoms with Crippen molar-refractivity contribution in [3.8, 4) is 0 Å². The first-order valence-electron chi connectivity index (χ1n) is 4.03.